The number of hydrogen-bond donors (Lipinski definition) is 0. The number of carbonyl (C=O) groups excluding carboxylic acids is 1. The van der Waals surface area contributed by atoms with Gasteiger partial charge in [-0.25, -0.2) is 0 Å². The number of nitrogens with zero attached hydrogens (tertiary/aromatic N) is 1. The van der Waals surface area contributed by atoms with Crippen LogP contribution in [0.2, 0.25) is 0 Å². The van der Waals surface area contributed by atoms with Crippen molar-refractivity contribution in [3.05, 3.63) is 35.4 Å². The van der Waals surface area contributed by atoms with Crippen LogP contribution in [0.4, 0.5) is 0 Å². The number of esters is 1. The average Bonchev–Trinajstić information content (AvgIpc) is 3.20. The Morgan fingerprint density at radius 1 is 1.39 bits per heavy atom. The van der Waals surface area contributed by atoms with Crippen molar-refractivity contribution in [1.29, 1.82) is 5.26 Å². The van der Waals surface area contributed by atoms with Crippen LogP contribution in [0.15, 0.2) is 24.3 Å². The van der Waals surface area contributed by atoms with E-state index in [-0.39, 0.29) is 11.4 Å². The minimum absolute atomic E-state index is 0.134. The van der Waals surface area contributed by atoms with Crippen LogP contribution in [0, 0.1) is 11.3 Å². The lowest BCUT2D eigenvalue weighted by atomic mass is 9.90. The van der Waals surface area contributed by atoms with Crippen LogP contribution in [0.1, 0.15) is 43.2 Å². The maximum absolute atomic E-state index is 11.1. The van der Waals surface area contributed by atoms with Gasteiger partial charge in [0.1, 0.15) is 0 Å². The predicted octanol–water partition coefficient (Wildman–Crippen LogP) is 2.93. The molecule has 0 amide bonds. The number of hydrogen-bond acceptors (Lipinski definition) is 3. The molecule has 0 aliphatic heterocycles. The summed E-state index contributed by atoms with van der Waals surface area (Å²) < 4.78 is 4.65. The number of benzene rings is 1. The van der Waals surface area contributed by atoms with E-state index < -0.39 is 0 Å². The second-order valence-electron chi connectivity index (χ2n) is 4.90. The minimum atomic E-state index is -0.134. The molecule has 0 saturated heterocycles. The summed E-state index contributed by atoms with van der Waals surface area (Å²) in [5.74, 6) is -0.134. The molecule has 1 aliphatic carbocycles. The van der Waals surface area contributed by atoms with E-state index in [0.717, 1.165) is 12.8 Å². The number of carbonyl (C=O) groups is 1. The van der Waals surface area contributed by atoms with Gasteiger partial charge in [0.2, 0.25) is 0 Å². The third-order valence-corrected chi connectivity index (χ3v) is 3.74. The van der Waals surface area contributed by atoms with Crippen LogP contribution in [-0.2, 0) is 14.9 Å². The van der Waals surface area contributed by atoms with E-state index in [2.05, 4.69) is 10.8 Å². The highest BCUT2D eigenvalue weighted by molar-refractivity contribution is 5.69. The minimum Gasteiger partial charge on any atom is -0.469 e. The van der Waals surface area contributed by atoms with Crippen molar-refractivity contribution in [1.82, 2.24) is 0 Å². The summed E-state index contributed by atoms with van der Waals surface area (Å²) in [6.45, 7) is 0. The van der Waals surface area contributed by atoms with Crippen LogP contribution in [0.3, 0.4) is 0 Å². The van der Waals surface area contributed by atoms with E-state index in [9.17, 15) is 4.79 Å². The van der Waals surface area contributed by atoms with Crippen molar-refractivity contribution in [3.63, 3.8) is 0 Å². The molecule has 1 aliphatic rings. The molecule has 0 aromatic heterocycles. The second-order valence-corrected chi connectivity index (χ2v) is 4.90. The summed E-state index contributed by atoms with van der Waals surface area (Å²) in [7, 11) is 1.43. The maximum Gasteiger partial charge on any atom is 0.305 e. The molecule has 3 nitrogen and oxygen atoms in total. The molecule has 3 heteroatoms. The van der Waals surface area contributed by atoms with Crippen molar-refractivity contribution in [2.24, 2.45) is 0 Å². The maximum atomic E-state index is 11.1. The van der Waals surface area contributed by atoms with Crippen molar-refractivity contribution in [2.45, 2.75) is 37.5 Å². The molecule has 1 aromatic carbocycles. The molecule has 2 rings (SSSR count). The first-order valence-electron chi connectivity index (χ1n) is 6.28. The standard InChI is InChI=1S/C15H17NO2/c1-18-14(17)3-2-8-15(9-10-15)13-6-4-12(11-16)5-7-13/h4-7H,2-3,8-10H2,1H3. The third kappa shape index (κ3) is 2.70. The summed E-state index contributed by atoms with van der Waals surface area (Å²) in [6, 6.07) is 9.96. The lowest BCUT2D eigenvalue weighted by Gasteiger charge is -2.15. The van der Waals surface area contributed by atoms with E-state index in [1.165, 1.54) is 25.5 Å². The Labute approximate surface area is 107 Å². The molecule has 1 aromatic rings. The number of ether oxygens (including phenoxy) is 1. The average molecular weight is 243 g/mol. The molecule has 0 heterocycles. The van der Waals surface area contributed by atoms with Gasteiger partial charge in [0.25, 0.3) is 0 Å². The molecule has 0 atom stereocenters. The van der Waals surface area contributed by atoms with Gasteiger partial charge in [0.15, 0.2) is 0 Å². The molecule has 94 valence electrons. The Morgan fingerprint density at radius 2 is 2.06 bits per heavy atom. The number of rotatable bonds is 5. The molecule has 1 saturated carbocycles. The largest absolute Gasteiger partial charge is 0.469 e. The van der Waals surface area contributed by atoms with E-state index >= 15 is 0 Å². The first-order chi connectivity index (χ1) is 8.70. The first-order valence-corrected chi connectivity index (χ1v) is 6.28. The summed E-state index contributed by atoms with van der Waals surface area (Å²) in [6.07, 6.45) is 4.75. The second kappa shape index (κ2) is 5.22. The normalized spacial score (nSPS) is 15.8. The molecule has 0 unspecified atom stereocenters. The Morgan fingerprint density at radius 3 is 2.56 bits per heavy atom. The number of nitriles is 1. The monoisotopic (exact) mass is 243 g/mol. The van der Waals surface area contributed by atoms with E-state index in [1.54, 1.807) is 0 Å². The number of methoxy groups -OCH3 is 1. The van der Waals surface area contributed by atoms with Gasteiger partial charge in [0.05, 0.1) is 18.7 Å². The quantitative estimate of drug-likeness (QED) is 0.747. The van der Waals surface area contributed by atoms with Crippen molar-refractivity contribution in [2.75, 3.05) is 7.11 Å². The lowest BCUT2D eigenvalue weighted by molar-refractivity contribution is -0.140. The fourth-order valence-electron chi connectivity index (χ4n) is 2.41. The van der Waals surface area contributed by atoms with Crippen LogP contribution >= 0.6 is 0 Å². The Bertz CT molecular complexity index is 466. The fourth-order valence-corrected chi connectivity index (χ4v) is 2.41. The van der Waals surface area contributed by atoms with E-state index in [0.29, 0.717) is 12.0 Å². The van der Waals surface area contributed by atoms with Gasteiger partial charge in [-0.3, -0.25) is 4.79 Å². The summed E-state index contributed by atoms with van der Waals surface area (Å²) in [4.78, 5) is 11.1. The van der Waals surface area contributed by atoms with Crippen LogP contribution in [0.25, 0.3) is 0 Å². The van der Waals surface area contributed by atoms with E-state index in [4.69, 9.17) is 5.26 Å². The summed E-state index contributed by atoms with van der Waals surface area (Å²) in [5, 5.41) is 8.78. The highest BCUT2D eigenvalue weighted by Crippen LogP contribution is 2.51. The molecular formula is C15H17NO2. The molecule has 0 spiro atoms. The van der Waals surface area contributed by atoms with Gasteiger partial charge in [0, 0.05) is 6.42 Å². The predicted molar refractivity (Wildman–Crippen MR) is 67.9 cm³/mol. The zero-order valence-electron chi connectivity index (χ0n) is 10.6. The first kappa shape index (κ1) is 12.6. The highest BCUT2D eigenvalue weighted by Gasteiger charge is 2.43. The van der Waals surface area contributed by atoms with Crippen LogP contribution in [-0.4, -0.2) is 13.1 Å². The zero-order valence-corrected chi connectivity index (χ0v) is 10.6. The Balaban J connectivity index is 1.94. The van der Waals surface area contributed by atoms with Crippen molar-refractivity contribution in [3.8, 4) is 6.07 Å². The van der Waals surface area contributed by atoms with E-state index in [1.807, 2.05) is 24.3 Å². The van der Waals surface area contributed by atoms with Gasteiger partial charge in [-0.1, -0.05) is 12.1 Å². The SMILES string of the molecule is COC(=O)CCCC1(c2ccc(C#N)cc2)CC1. The van der Waals surface area contributed by atoms with Gasteiger partial charge in [-0.15, -0.1) is 0 Å². The Hall–Kier alpha value is -1.82. The molecule has 18 heavy (non-hydrogen) atoms. The smallest absolute Gasteiger partial charge is 0.305 e. The molecular weight excluding hydrogens is 226 g/mol. The molecule has 0 bridgehead atoms. The lowest BCUT2D eigenvalue weighted by Crippen LogP contribution is -2.08. The van der Waals surface area contributed by atoms with Crippen LogP contribution in [0.5, 0.6) is 0 Å². The summed E-state index contributed by atoms with van der Waals surface area (Å²) >= 11 is 0. The van der Waals surface area contributed by atoms with Crippen LogP contribution < -0.4 is 0 Å². The van der Waals surface area contributed by atoms with Gasteiger partial charge in [-0.05, 0) is 48.8 Å². The molecule has 0 radical (unpaired) electrons. The van der Waals surface area contributed by atoms with Gasteiger partial charge >= 0.3 is 5.97 Å². The van der Waals surface area contributed by atoms with Gasteiger partial charge < -0.3 is 4.74 Å². The highest BCUT2D eigenvalue weighted by atomic mass is 16.5. The molecule has 0 N–H and O–H groups in total. The topological polar surface area (TPSA) is 50.1 Å². The molecule has 1 fully saturated rings. The van der Waals surface area contributed by atoms with Gasteiger partial charge in [-0.2, -0.15) is 5.26 Å². The van der Waals surface area contributed by atoms with Crippen molar-refractivity contribution >= 4 is 5.97 Å². The van der Waals surface area contributed by atoms with Crippen molar-refractivity contribution < 1.29 is 9.53 Å². The third-order valence-electron chi connectivity index (χ3n) is 3.74. The fraction of sp³-hybridized carbons (Fsp3) is 0.467. The Kier molecular flexibility index (Phi) is 3.66. The summed E-state index contributed by atoms with van der Waals surface area (Å²) in [5.41, 5.74) is 2.25. The zero-order chi connectivity index (χ0) is 13.0.